The third kappa shape index (κ3) is 60.6. The number of unbranched alkanes of at least 4 members (excludes halogenated alkanes) is 24. The van der Waals surface area contributed by atoms with Crippen molar-refractivity contribution >= 4 is 17.9 Å². The maximum atomic E-state index is 12.9. The van der Waals surface area contributed by atoms with Crippen LogP contribution in [-0.4, -0.2) is 37.2 Å². The summed E-state index contributed by atoms with van der Waals surface area (Å²) in [6.07, 6.45) is 86.3. The lowest BCUT2D eigenvalue weighted by molar-refractivity contribution is -0.167. The SMILES string of the molecule is CC/C=C\C/C=C\C/C=C\C/C=C\C/C=C\C/C=C\C/C=C\C/C=C\CCCCC(=O)OCC(COC(=O)CCCCCCC/C=C\CCCC)OC(=O)CCCCCCCCCCC/C=C\CCCCCCCC. The molecule has 0 heterocycles. The van der Waals surface area contributed by atoms with Gasteiger partial charge < -0.3 is 14.2 Å². The lowest BCUT2D eigenvalue weighted by Gasteiger charge is -2.18. The third-order valence-electron chi connectivity index (χ3n) is 12.9. The van der Waals surface area contributed by atoms with Crippen LogP contribution in [0.1, 0.15) is 278 Å². The minimum atomic E-state index is -0.804. The van der Waals surface area contributed by atoms with Crippen molar-refractivity contribution in [3.05, 3.63) is 122 Å². The highest BCUT2D eigenvalue weighted by Crippen LogP contribution is 2.15. The van der Waals surface area contributed by atoms with Crippen LogP contribution in [-0.2, 0) is 28.6 Å². The second-order valence-corrected chi connectivity index (χ2v) is 20.2. The number of rotatable bonds is 55. The Balaban J connectivity index is 4.40. The van der Waals surface area contributed by atoms with Crippen molar-refractivity contribution in [2.75, 3.05) is 13.2 Å². The Morgan fingerprint density at radius 1 is 0.280 bits per heavy atom. The molecule has 0 aromatic heterocycles. The number of carbonyl (C=O) groups is 3. The van der Waals surface area contributed by atoms with Crippen molar-refractivity contribution in [3.63, 3.8) is 0 Å². The number of carbonyl (C=O) groups excluding carboxylic acids is 3. The molecule has 0 spiro atoms. The first kappa shape index (κ1) is 70.8. The molecule has 6 heteroatoms. The molecule has 0 aromatic carbocycles. The predicted octanol–water partition coefficient (Wildman–Crippen LogP) is 21.2. The van der Waals surface area contributed by atoms with Crippen molar-refractivity contribution in [1.29, 1.82) is 0 Å². The topological polar surface area (TPSA) is 78.9 Å². The van der Waals surface area contributed by atoms with E-state index in [1.807, 2.05) is 0 Å². The fourth-order valence-corrected chi connectivity index (χ4v) is 8.26. The molecule has 0 saturated carbocycles. The van der Waals surface area contributed by atoms with Gasteiger partial charge in [-0.25, -0.2) is 0 Å². The lowest BCUT2D eigenvalue weighted by Crippen LogP contribution is -2.30. The Morgan fingerprint density at radius 3 is 0.893 bits per heavy atom. The van der Waals surface area contributed by atoms with E-state index < -0.39 is 6.10 Å². The summed E-state index contributed by atoms with van der Waals surface area (Å²) in [6, 6.07) is 0. The predicted molar refractivity (Wildman–Crippen MR) is 325 cm³/mol. The van der Waals surface area contributed by atoms with Crippen LogP contribution < -0.4 is 0 Å². The van der Waals surface area contributed by atoms with Gasteiger partial charge in [-0.1, -0.05) is 251 Å². The fraction of sp³-hybridized carbons (Fsp3) is 0.667. The summed E-state index contributed by atoms with van der Waals surface area (Å²) in [6.45, 7) is 6.44. The van der Waals surface area contributed by atoms with Crippen LogP contribution in [0.4, 0.5) is 0 Å². The van der Waals surface area contributed by atoms with E-state index in [0.717, 1.165) is 116 Å². The first-order valence-electron chi connectivity index (χ1n) is 31.0. The number of hydrogen-bond acceptors (Lipinski definition) is 6. The molecule has 0 saturated heterocycles. The van der Waals surface area contributed by atoms with Gasteiger partial charge in [0.05, 0.1) is 0 Å². The van der Waals surface area contributed by atoms with Gasteiger partial charge in [0.2, 0.25) is 0 Å². The van der Waals surface area contributed by atoms with Crippen LogP contribution in [0.3, 0.4) is 0 Å². The molecule has 0 rings (SSSR count). The molecule has 0 amide bonds. The van der Waals surface area contributed by atoms with Crippen LogP contribution in [0.5, 0.6) is 0 Å². The van der Waals surface area contributed by atoms with Crippen LogP contribution >= 0.6 is 0 Å². The van der Waals surface area contributed by atoms with Crippen LogP contribution in [0.2, 0.25) is 0 Å². The van der Waals surface area contributed by atoms with Crippen molar-refractivity contribution < 1.29 is 28.6 Å². The molecule has 0 aromatic rings. The van der Waals surface area contributed by atoms with Gasteiger partial charge in [0.15, 0.2) is 6.10 Å². The molecule has 75 heavy (non-hydrogen) atoms. The molecule has 6 nitrogen and oxygen atoms in total. The Hall–Kier alpha value is -4.19. The molecule has 0 aliphatic rings. The van der Waals surface area contributed by atoms with Crippen LogP contribution in [0, 0.1) is 0 Å². The standard InChI is InChI=1S/C69H114O6/c1-4-7-10-13-16-19-22-24-26-28-30-31-32-33-34-35-36-37-39-40-42-44-47-50-53-56-59-62-68(71)74-65-66(64-73-67(70)61-58-55-52-49-46-21-18-15-12-9-6-3)75-69(72)63-60-57-54-51-48-45-43-41-38-29-27-25-23-20-17-14-11-8-5-2/h7,10,15-16,18-19,24-27,30-31,33-34,36-37,40,42,47,50,66H,4-6,8-9,11-14,17,20-23,28-29,32,35,38-39,41,43-46,48-49,51-65H2,1-3H3/b10-7-,18-15-,19-16-,26-24-,27-25-,31-30-,34-33-,37-36-,42-40-,50-47-. The highest BCUT2D eigenvalue weighted by Gasteiger charge is 2.19. The first-order valence-corrected chi connectivity index (χ1v) is 31.0. The molecule has 0 radical (unpaired) electrons. The van der Waals surface area contributed by atoms with E-state index in [4.69, 9.17) is 14.2 Å². The van der Waals surface area contributed by atoms with E-state index in [9.17, 15) is 14.4 Å². The van der Waals surface area contributed by atoms with Gasteiger partial charge in [-0.3, -0.25) is 14.4 Å². The molecular formula is C69H114O6. The van der Waals surface area contributed by atoms with E-state index in [2.05, 4.69) is 142 Å². The summed E-state index contributed by atoms with van der Waals surface area (Å²) in [7, 11) is 0. The molecular weight excluding hydrogens is 925 g/mol. The smallest absolute Gasteiger partial charge is 0.306 e. The van der Waals surface area contributed by atoms with Crippen LogP contribution in [0.25, 0.3) is 0 Å². The van der Waals surface area contributed by atoms with Crippen molar-refractivity contribution in [2.45, 2.75) is 284 Å². The monoisotopic (exact) mass is 1040 g/mol. The zero-order valence-corrected chi connectivity index (χ0v) is 48.8. The van der Waals surface area contributed by atoms with Gasteiger partial charge >= 0.3 is 17.9 Å². The molecule has 0 aliphatic carbocycles. The van der Waals surface area contributed by atoms with Gasteiger partial charge in [-0.15, -0.1) is 0 Å². The van der Waals surface area contributed by atoms with E-state index >= 15 is 0 Å². The molecule has 0 N–H and O–H groups in total. The van der Waals surface area contributed by atoms with E-state index in [1.165, 1.54) is 116 Å². The molecule has 1 unspecified atom stereocenters. The number of hydrogen-bond donors (Lipinski definition) is 0. The zero-order chi connectivity index (χ0) is 54.3. The van der Waals surface area contributed by atoms with E-state index in [-0.39, 0.29) is 31.1 Å². The highest BCUT2D eigenvalue weighted by molar-refractivity contribution is 5.71. The van der Waals surface area contributed by atoms with E-state index in [1.54, 1.807) is 0 Å². The Kier molecular flexibility index (Phi) is 58.9. The van der Waals surface area contributed by atoms with Gasteiger partial charge in [0.1, 0.15) is 13.2 Å². The summed E-state index contributed by atoms with van der Waals surface area (Å²) in [5, 5.41) is 0. The van der Waals surface area contributed by atoms with Gasteiger partial charge in [-0.05, 0) is 128 Å². The molecule has 0 aliphatic heterocycles. The van der Waals surface area contributed by atoms with Crippen molar-refractivity contribution in [1.82, 2.24) is 0 Å². The minimum absolute atomic E-state index is 0.0989. The maximum absolute atomic E-state index is 12.9. The van der Waals surface area contributed by atoms with Gasteiger partial charge in [0, 0.05) is 19.3 Å². The quantitative estimate of drug-likeness (QED) is 0.0261. The second-order valence-electron chi connectivity index (χ2n) is 20.2. The van der Waals surface area contributed by atoms with Gasteiger partial charge in [-0.2, -0.15) is 0 Å². The number of ether oxygens (including phenoxy) is 3. The zero-order valence-electron chi connectivity index (χ0n) is 48.8. The van der Waals surface area contributed by atoms with Crippen molar-refractivity contribution in [3.8, 4) is 0 Å². The Morgan fingerprint density at radius 2 is 0.533 bits per heavy atom. The number of allylic oxidation sites excluding steroid dienone is 20. The molecule has 426 valence electrons. The third-order valence-corrected chi connectivity index (χ3v) is 12.9. The summed E-state index contributed by atoms with van der Waals surface area (Å²) in [4.78, 5) is 38.2. The fourth-order valence-electron chi connectivity index (χ4n) is 8.26. The average Bonchev–Trinajstić information content (AvgIpc) is 3.41. The summed E-state index contributed by atoms with van der Waals surface area (Å²) < 4.78 is 16.8. The molecule has 1 atom stereocenters. The van der Waals surface area contributed by atoms with Crippen molar-refractivity contribution in [2.24, 2.45) is 0 Å². The summed E-state index contributed by atoms with van der Waals surface area (Å²) >= 11 is 0. The highest BCUT2D eigenvalue weighted by atomic mass is 16.6. The summed E-state index contributed by atoms with van der Waals surface area (Å²) in [5.41, 5.74) is 0. The first-order chi connectivity index (χ1) is 37.0. The average molecular weight is 1040 g/mol. The Labute approximate surface area is 462 Å². The molecule has 0 bridgehead atoms. The van der Waals surface area contributed by atoms with Gasteiger partial charge in [0.25, 0.3) is 0 Å². The molecule has 0 fully saturated rings. The summed E-state index contributed by atoms with van der Waals surface area (Å²) in [5.74, 6) is -0.954. The minimum Gasteiger partial charge on any atom is -0.462 e. The normalized spacial score (nSPS) is 12.9. The van der Waals surface area contributed by atoms with Crippen LogP contribution in [0.15, 0.2) is 122 Å². The Bertz CT molecular complexity index is 1570. The largest absolute Gasteiger partial charge is 0.462 e. The maximum Gasteiger partial charge on any atom is 0.306 e. The number of esters is 3. The lowest BCUT2D eigenvalue weighted by atomic mass is 10.1. The van der Waals surface area contributed by atoms with E-state index in [0.29, 0.717) is 25.7 Å². The second kappa shape index (κ2) is 62.4.